The number of guanidine groups is 1. The molecular formula is C18H26F3N3O3S. The number of rotatable bonds is 8. The molecule has 1 unspecified atom stereocenters. The van der Waals surface area contributed by atoms with Crippen molar-refractivity contribution in [2.75, 3.05) is 31.2 Å². The standard InChI is InChI=1S/C18H26F3N3O3S/c1-2-22-17(24-10-16-7-8-28(25,26)12-16)23-9-14-3-5-15(6-4-14)11-27-13-18(19,20)21/h3-6,16H,2,7-13H2,1H3,(H2,22,23,24). The molecule has 1 aliphatic heterocycles. The van der Waals surface area contributed by atoms with E-state index in [1.807, 2.05) is 6.92 Å². The second-order valence-corrected chi connectivity index (χ2v) is 9.00. The van der Waals surface area contributed by atoms with E-state index in [1.54, 1.807) is 24.3 Å². The van der Waals surface area contributed by atoms with Crippen LogP contribution in [-0.2, 0) is 27.7 Å². The van der Waals surface area contributed by atoms with E-state index in [1.165, 1.54) is 0 Å². The number of nitrogens with zero attached hydrogens (tertiary/aromatic N) is 1. The summed E-state index contributed by atoms with van der Waals surface area (Å²) in [5.41, 5.74) is 1.56. The molecule has 1 atom stereocenters. The topological polar surface area (TPSA) is 79.8 Å². The largest absolute Gasteiger partial charge is 0.411 e. The normalized spacial score (nSPS) is 19.6. The van der Waals surface area contributed by atoms with Crippen LogP contribution in [0.2, 0.25) is 0 Å². The maximum atomic E-state index is 12.1. The van der Waals surface area contributed by atoms with Crippen molar-refractivity contribution in [2.45, 2.75) is 32.7 Å². The first-order valence-electron chi connectivity index (χ1n) is 9.12. The summed E-state index contributed by atoms with van der Waals surface area (Å²) in [5, 5.41) is 6.29. The molecule has 1 aromatic carbocycles. The Morgan fingerprint density at radius 3 is 2.46 bits per heavy atom. The molecule has 1 aromatic rings. The first-order valence-corrected chi connectivity index (χ1v) is 10.9. The van der Waals surface area contributed by atoms with Gasteiger partial charge in [0.05, 0.1) is 24.7 Å². The first-order chi connectivity index (χ1) is 13.2. The maximum absolute atomic E-state index is 12.1. The molecular weight excluding hydrogens is 395 g/mol. The summed E-state index contributed by atoms with van der Waals surface area (Å²) in [4.78, 5) is 4.47. The first kappa shape index (κ1) is 22.5. The lowest BCUT2D eigenvalue weighted by Gasteiger charge is -2.14. The molecule has 0 radical (unpaired) electrons. The highest BCUT2D eigenvalue weighted by atomic mass is 32.2. The van der Waals surface area contributed by atoms with Crippen LogP contribution in [0.3, 0.4) is 0 Å². The van der Waals surface area contributed by atoms with E-state index in [9.17, 15) is 21.6 Å². The van der Waals surface area contributed by atoms with E-state index >= 15 is 0 Å². The molecule has 6 nitrogen and oxygen atoms in total. The van der Waals surface area contributed by atoms with Crippen molar-refractivity contribution < 1.29 is 26.3 Å². The average molecular weight is 421 g/mol. The monoisotopic (exact) mass is 421 g/mol. The lowest BCUT2D eigenvalue weighted by Crippen LogP contribution is -2.40. The summed E-state index contributed by atoms with van der Waals surface area (Å²) in [6, 6.07) is 7.02. The zero-order valence-electron chi connectivity index (χ0n) is 15.8. The molecule has 1 heterocycles. The number of hydrogen-bond acceptors (Lipinski definition) is 4. The van der Waals surface area contributed by atoms with Gasteiger partial charge in [-0.1, -0.05) is 24.3 Å². The van der Waals surface area contributed by atoms with Crippen molar-refractivity contribution in [3.8, 4) is 0 Å². The molecule has 1 fully saturated rings. The van der Waals surface area contributed by atoms with Gasteiger partial charge in [-0.15, -0.1) is 0 Å². The van der Waals surface area contributed by atoms with E-state index in [4.69, 9.17) is 0 Å². The van der Waals surface area contributed by atoms with Crippen molar-refractivity contribution in [3.05, 3.63) is 35.4 Å². The zero-order chi connectivity index (χ0) is 20.6. The zero-order valence-corrected chi connectivity index (χ0v) is 16.6. The summed E-state index contributed by atoms with van der Waals surface area (Å²) in [7, 11) is -2.90. The quantitative estimate of drug-likeness (QED) is 0.497. The van der Waals surface area contributed by atoms with E-state index in [-0.39, 0.29) is 24.0 Å². The van der Waals surface area contributed by atoms with Crippen LogP contribution in [0, 0.1) is 5.92 Å². The minimum atomic E-state index is -4.33. The van der Waals surface area contributed by atoms with Gasteiger partial charge in [0.15, 0.2) is 15.8 Å². The van der Waals surface area contributed by atoms with Gasteiger partial charge in [-0.2, -0.15) is 13.2 Å². The molecule has 28 heavy (non-hydrogen) atoms. The van der Waals surface area contributed by atoms with Crippen molar-refractivity contribution in [1.82, 2.24) is 10.6 Å². The lowest BCUT2D eigenvalue weighted by atomic mass is 10.1. The molecule has 1 saturated heterocycles. The van der Waals surface area contributed by atoms with Crippen LogP contribution < -0.4 is 10.6 Å². The van der Waals surface area contributed by atoms with E-state index in [2.05, 4.69) is 20.4 Å². The highest BCUT2D eigenvalue weighted by Crippen LogP contribution is 2.17. The third-order valence-corrected chi connectivity index (χ3v) is 6.04. The Kier molecular flexibility index (Phi) is 8.11. The van der Waals surface area contributed by atoms with Gasteiger partial charge in [0.25, 0.3) is 0 Å². The predicted octanol–water partition coefficient (Wildman–Crippen LogP) is 2.26. The lowest BCUT2D eigenvalue weighted by molar-refractivity contribution is -0.176. The third kappa shape index (κ3) is 8.47. The number of alkyl halides is 3. The number of ether oxygens (including phenoxy) is 1. The van der Waals surface area contributed by atoms with Crippen LogP contribution in [0.1, 0.15) is 24.5 Å². The number of nitrogens with one attached hydrogen (secondary N) is 2. The van der Waals surface area contributed by atoms with Gasteiger partial charge in [-0.3, -0.25) is 0 Å². The van der Waals surface area contributed by atoms with Crippen LogP contribution >= 0.6 is 0 Å². The highest BCUT2D eigenvalue weighted by Gasteiger charge is 2.28. The van der Waals surface area contributed by atoms with Crippen molar-refractivity contribution in [1.29, 1.82) is 0 Å². The summed E-state index contributed by atoms with van der Waals surface area (Å²) in [6.45, 7) is 2.18. The molecule has 0 bridgehead atoms. The van der Waals surface area contributed by atoms with Crippen LogP contribution in [0.25, 0.3) is 0 Å². The number of halogens is 3. The minimum absolute atomic E-state index is 0.0878. The van der Waals surface area contributed by atoms with Crippen LogP contribution in [0.15, 0.2) is 29.3 Å². The molecule has 0 aliphatic carbocycles. The number of benzene rings is 1. The molecule has 0 amide bonds. The Morgan fingerprint density at radius 1 is 1.21 bits per heavy atom. The van der Waals surface area contributed by atoms with Gasteiger partial charge in [0.2, 0.25) is 0 Å². The van der Waals surface area contributed by atoms with Gasteiger partial charge >= 0.3 is 6.18 Å². The molecule has 158 valence electrons. The SMILES string of the molecule is CCNC(=NCc1ccc(COCC(F)(F)F)cc1)NCC1CCS(=O)(=O)C1. The Morgan fingerprint density at radius 2 is 1.89 bits per heavy atom. The fraction of sp³-hybridized carbons (Fsp3) is 0.611. The Bertz CT molecular complexity index is 750. The Balaban J connectivity index is 1.82. The van der Waals surface area contributed by atoms with Crippen molar-refractivity contribution in [3.63, 3.8) is 0 Å². The number of hydrogen-bond donors (Lipinski definition) is 2. The number of aliphatic imine (C=N–C) groups is 1. The summed E-state index contributed by atoms with van der Waals surface area (Å²) < 4.78 is 63.9. The molecule has 2 N–H and O–H groups in total. The summed E-state index contributed by atoms with van der Waals surface area (Å²) >= 11 is 0. The van der Waals surface area contributed by atoms with E-state index < -0.39 is 22.6 Å². The van der Waals surface area contributed by atoms with Crippen LogP contribution in [0.5, 0.6) is 0 Å². The second kappa shape index (κ2) is 10.1. The molecule has 0 aromatic heterocycles. The van der Waals surface area contributed by atoms with Crippen LogP contribution in [0.4, 0.5) is 13.2 Å². The van der Waals surface area contributed by atoms with Gasteiger partial charge in [0, 0.05) is 13.1 Å². The molecule has 2 rings (SSSR count). The Labute approximate surface area is 163 Å². The highest BCUT2D eigenvalue weighted by molar-refractivity contribution is 7.91. The number of sulfone groups is 1. The minimum Gasteiger partial charge on any atom is -0.367 e. The fourth-order valence-corrected chi connectivity index (χ4v) is 4.67. The molecule has 10 heteroatoms. The molecule has 1 aliphatic rings. The van der Waals surface area contributed by atoms with E-state index in [0.29, 0.717) is 37.6 Å². The van der Waals surface area contributed by atoms with Gasteiger partial charge in [0.1, 0.15) is 6.61 Å². The third-order valence-electron chi connectivity index (χ3n) is 4.21. The van der Waals surface area contributed by atoms with E-state index in [0.717, 1.165) is 5.56 Å². The second-order valence-electron chi connectivity index (χ2n) is 6.77. The average Bonchev–Trinajstić information content (AvgIpc) is 2.96. The summed E-state index contributed by atoms with van der Waals surface area (Å²) in [5.74, 6) is 1.14. The van der Waals surface area contributed by atoms with Crippen LogP contribution in [-0.4, -0.2) is 51.8 Å². The van der Waals surface area contributed by atoms with Gasteiger partial charge < -0.3 is 15.4 Å². The maximum Gasteiger partial charge on any atom is 0.411 e. The van der Waals surface area contributed by atoms with Crippen molar-refractivity contribution in [2.24, 2.45) is 10.9 Å². The fourth-order valence-electron chi connectivity index (χ4n) is 2.81. The smallest absolute Gasteiger partial charge is 0.367 e. The van der Waals surface area contributed by atoms with Gasteiger partial charge in [-0.25, -0.2) is 13.4 Å². The Hall–Kier alpha value is -1.81. The van der Waals surface area contributed by atoms with Gasteiger partial charge in [-0.05, 0) is 30.4 Å². The van der Waals surface area contributed by atoms with Crippen molar-refractivity contribution >= 4 is 15.8 Å². The molecule has 0 saturated carbocycles. The molecule has 0 spiro atoms. The summed E-state index contributed by atoms with van der Waals surface area (Å²) in [6.07, 6.45) is -3.67. The predicted molar refractivity (Wildman–Crippen MR) is 102 cm³/mol.